The highest BCUT2D eigenvalue weighted by atomic mass is 32.1. The molecule has 2 atom stereocenters. The predicted molar refractivity (Wildman–Crippen MR) is 109 cm³/mol. The van der Waals surface area contributed by atoms with Crippen LogP contribution in [0.2, 0.25) is 0 Å². The Morgan fingerprint density at radius 2 is 1.96 bits per heavy atom. The van der Waals surface area contributed by atoms with E-state index >= 15 is 0 Å². The molecule has 0 radical (unpaired) electrons. The summed E-state index contributed by atoms with van der Waals surface area (Å²) < 4.78 is 0. The topological polar surface area (TPSA) is 74.7 Å². The minimum absolute atomic E-state index is 0.000818. The zero-order valence-corrected chi connectivity index (χ0v) is 17.2. The number of nitrogens with zero attached hydrogens (tertiary/aromatic N) is 1. The molecule has 1 N–H and O–H groups in total. The maximum Gasteiger partial charge on any atom is 0.226 e. The fourth-order valence-corrected chi connectivity index (χ4v) is 4.46. The van der Waals surface area contributed by atoms with Crippen molar-refractivity contribution in [2.24, 2.45) is 5.92 Å². The van der Waals surface area contributed by atoms with Gasteiger partial charge in [0.15, 0.2) is 11.6 Å². The molecular weight excluding hydrogens is 374 g/mol. The Morgan fingerprint density at radius 1 is 1.21 bits per heavy atom. The number of aromatic hydroxyl groups is 1. The first-order valence-electron chi connectivity index (χ1n) is 9.46. The van der Waals surface area contributed by atoms with Crippen LogP contribution in [-0.4, -0.2) is 33.5 Å². The van der Waals surface area contributed by atoms with Crippen LogP contribution in [0.5, 0.6) is 5.75 Å². The van der Waals surface area contributed by atoms with Crippen LogP contribution in [0.3, 0.4) is 0 Å². The quantitative estimate of drug-likeness (QED) is 0.751. The van der Waals surface area contributed by atoms with Gasteiger partial charge in [-0.15, -0.1) is 11.3 Å². The number of phenols is 1. The van der Waals surface area contributed by atoms with E-state index in [2.05, 4.69) is 0 Å². The molecular formula is C22H25NO4S. The van der Waals surface area contributed by atoms with Crippen molar-refractivity contribution in [1.29, 1.82) is 0 Å². The van der Waals surface area contributed by atoms with Gasteiger partial charge in [0.2, 0.25) is 5.91 Å². The van der Waals surface area contributed by atoms with Crippen LogP contribution in [0.4, 0.5) is 0 Å². The number of carbonyl (C=O) groups is 3. The number of hydrogen-bond donors (Lipinski definition) is 1. The number of carbonyl (C=O) groups excluding carboxylic acids is 3. The summed E-state index contributed by atoms with van der Waals surface area (Å²) in [4.78, 5) is 39.2. The van der Waals surface area contributed by atoms with Crippen LogP contribution < -0.4 is 0 Å². The fraction of sp³-hybridized carbons (Fsp3) is 0.409. The van der Waals surface area contributed by atoms with Gasteiger partial charge >= 0.3 is 0 Å². The second-order valence-electron chi connectivity index (χ2n) is 7.52. The van der Waals surface area contributed by atoms with Crippen LogP contribution in [-0.2, 0) is 29.0 Å². The molecule has 3 rings (SSSR count). The molecule has 1 aliphatic rings. The molecule has 1 heterocycles. The minimum Gasteiger partial charge on any atom is -0.508 e. The van der Waals surface area contributed by atoms with Gasteiger partial charge in [-0.25, -0.2) is 0 Å². The summed E-state index contributed by atoms with van der Waals surface area (Å²) in [5.74, 6) is -0.0340. The number of amides is 1. The first kappa shape index (κ1) is 20.3. The van der Waals surface area contributed by atoms with Gasteiger partial charge in [-0.2, -0.15) is 0 Å². The van der Waals surface area contributed by atoms with Gasteiger partial charge in [0.1, 0.15) is 5.75 Å². The monoisotopic (exact) mass is 399 g/mol. The van der Waals surface area contributed by atoms with Gasteiger partial charge in [-0.3, -0.25) is 14.4 Å². The molecule has 0 spiro atoms. The SMILES string of the molecule is CC(=O)c1cc(CN(C(=O)C2CCc3cc(O)ccc3C2)[C@H](C)C(C)=O)cs1. The molecule has 0 saturated carbocycles. The molecule has 0 fully saturated rings. The second kappa shape index (κ2) is 8.27. The summed E-state index contributed by atoms with van der Waals surface area (Å²) in [6, 6.07) is 6.58. The summed E-state index contributed by atoms with van der Waals surface area (Å²) in [7, 11) is 0. The third-order valence-corrected chi connectivity index (χ3v) is 6.54. The van der Waals surface area contributed by atoms with E-state index in [1.54, 1.807) is 30.0 Å². The third kappa shape index (κ3) is 4.33. The first-order valence-corrected chi connectivity index (χ1v) is 10.3. The van der Waals surface area contributed by atoms with Crippen molar-refractivity contribution in [1.82, 2.24) is 4.90 Å². The van der Waals surface area contributed by atoms with E-state index in [1.807, 2.05) is 11.4 Å². The molecule has 0 bridgehead atoms. The van der Waals surface area contributed by atoms with E-state index in [0.29, 0.717) is 24.3 Å². The lowest BCUT2D eigenvalue weighted by atomic mass is 9.82. The molecule has 1 aromatic heterocycles. The number of phenolic OH excluding ortho intramolecular Hbond substituents is 1. The van der Waals surface area contributed by atoms with E-state index in [0.717, 1.165) is 23.1 Å². The molecule has 28 heavy (non-hydrogen) atoms. The Balaban J connectivity index is 1.81. The first-order chi connectivity index (χ1) is 13.3. The lowest BCUT2D eigenvalue weighted by Gasteiger charge is -2.33. The van der Waals surface area contributed by atoms with Crippen molar-refractivity contribution < 1.29 is 19.5 Å². The highest BCUT2D eigenvalue weighted by molar-refractivity contribution is 7.12. The van der Waals surface area contributed by atoms with Gasteiger partial charge in [0, 0.05) is 12.5 Å². The van der Waals surface area contributed by atoms with Crippen molar-refractivity contribution in [3.05, 3.63) is 51.2 Å². The summed E-state index contributed by atoms with van der Waals surface area (Å²) >= 11 is 1.36. The molecule has 5 nitrogen and oxygen atoms in total. The fourth-order valence-electron chi connectivity index (χ4n) is 3.65. The molecule has 148 valence electrons. The van der Waals surface area contributed by atoms with Crippen molar-refractivity contribution in [2.75, 3.05) is 0 Å². The number of benzene rings is 1. The number of rotatable bonds is 6. The van der Waals surface area contributed by atoms with E-state index in [9.17, 15) is 19.5 Å². The molecule has 1 aromatic carbocycles. The van der Waals surface area contributed by atoms with E-state index < -0.39 is 6.04 Å². The zero-order valence-electron chi connectivity index (χ0n) is 16.4. The zero-order chi connectivity index (χ0) is 20.4. The smallest absolute Gasteiger partial charge is 0.226 e. The van der Waals surface area contributed by atoms with Crippen molar-refractivity contribution in [3.8, 4) is 5.75 Å². The molecule has 0 aliphatic heterocycles. The molecule has 1 amide bonds. The lowest BCUT2D eigenvalue weighted by molar-refractivity contribution is -0.143. The van der Waals surface area contributed by atoms with Gasteiger partial charge in [0.25, 0.3) is 0 Å². The van der Waals surface area contributed by atoms with E-state index in [-0.39, 0.29) is 29.1 Å². The molecule has 2 aromatic rings. The van der Waals surface area contributed by atoms with Crippen molar-refractivity contribution in [2.45, 2.75) is 52.6 Å². The maximum absolute atomic E-state index is 13.3. The van der Waals surface area contributed by atoms with Crippen molar-refractivity contribution in [3.63, 3.8) is 0 Å². The van der Waals surface area contributed by atoms with Crippen molar-refractivity contribution >= 4 is 28.8 Å². The highest BCUT2D eigenvalue weighted by Crippen LogP contribution is 2.30. The standard InChI is InChI=1S/C22H25NO4S/c1-13(14(2)24)23(11-16-8-21(15(3)25)28-12-16)22(27)19-5-4-18-10-20(26)7-6-17(18)9-19/h6-8,10,12-13,19,26H,4-5,9,11H2,1-3H3/t13-,19?/m1/s1. The van der Waals surface area contributed by atoms with E-state index in [4.69, 9.17) is 0 Å². The van der Waals surface area contributed by atoms with E-state index in [1.165, 1.54) is 25.2 Å². The van der Waals surface area contributed by atoms with Gasteiger partial charge in [-0.05, 0) is 80.3 Å². The number of aryl methyl sites for hydroxylation is 1. The Labute approximate surface area is 169 Å². The summed E-state index contributed by atoms with van der Waals surface area (Å²) in [5, 5.41) is 11.5. The van der Waals surface area contributed by atoms with Crippen LogP contribution in [0.25, 0.3) is 0 Å². The normalized spacial score (nSPS) is 16.9. The molecule has 6 heteroatoms. The Hall–Kier alpha value is -2.47. The van der Waals surface area contributed by atoms with Crippen LogP contribution in [0.1, 0.15) is 53.6 Å². The number of ketones is 2. The van der Waals surface area contributed by atoms with Crippen LogP contribution in [0.15, 0.2) is 29.6 Å². The largest absolute Gasteiger partial charge is 0.508 e. The van der Waals surface area contributed by atoms with Gasteiger partial charge < -0.3 is 10.0 Å². The number of Topliss-reactive ketones (excluding diaryl/α,β-unsaturated/α-hetero) is 2. The molecule has 0 saturated heterocycles. The maximum atomic E-state index is 13.3. The van der Waals surface area contributed by atoms with Crippen LogP contribution >= 0.6 is 11.3 Å². The second-order valence-corrected chi connectivity index (χ2v) is 8.43. The average Bonchev–Trinajstić information content (AvgIpc) is 3.13. The van der Waals surface area contributed by atoms with Crippen LogP contribution in [0, 0.1) is 5.92 Å². The Morgan fingerprint density at radius 3 is 2.61 bits per heavy atom. The summed E-state index contributed by atoms with van der Waals surface area (Å²) in [6.45, 7) is 5.10. The predicted octanol–water partition coefficient (Wildman–Crippen LogP) is 3.77. The molecule has 1 aliphatic carbocycles. The summed E-state index contributed by atoms with van der Waals surface area (Å²) in [5.41, 5.74) is 3.03. The summed E-state index contributed by atoms with van der Waals surface area (Å²) in [6.07, 6.45) is 2.03. The number of thiophene rings is 1. The minimum atomic E-state index is -0.519. The Bertz CT molecular complexity index is 917. The Kier molecular flexibility index (Phi) is 5.98. The highest BCUT2D eigenvalue weighted by Gasteiger charge is 2.32. The third-order valence-electron chi connectivity index (χ3n) is 5.46. The lowest BCUT2D eigenvalue weighted by Crippen LogP contribution is -2.45. The van der Waals surface area contributed by atoms with Gasteiger partial charge in [0.05, 0.1) is 10.9 Å². The average molecular weight is 400 g/mol. The number of hydrogen-bond acceptors (Lipinski definition) is 5. The van der Waals surface area contributed by atoms with Gasteiger partial charge in [-0.1, -0.05) is 6.07 Å². The molecule has 1 unspecified atom stereocenters. The number of fused-ring (bicyclic) bond motifs is 1.